The van der Waals surface area contributed by atoms with Crippen LogP contribution in [0.2, 0.25) is 5.02 Å². The van der Waals surface area contributed by atoms with Crippen molar-refractivity contribution in [2.24, 2.45) is 5.41 Å². The van der Waals surface area contributed by atoms with Crippen LogP contribution in [0, 0.1) is 15.5 Å². The molecule has 1 N–H and O–H groups in total. The quantitative estimate of drug-likeness (QED) is 0.674. The summed E-state index contributed by atoms with van der Waals surface area (Å²) in [5.41, 5.74) is -0.335. The van der Waals surface area contributed by atoms with Gasteiger partial charge in [-0.1, -0.05) is 32.4 Å². The number of carboxylic acid groups (broad SMARTS) is 1. The molecule has 6 nitrogen and oxygen atoms in total. The SMILES string of the molecule is CC(N(C)c1c(Cl)cc([N+](=O)[O-])cc1C(=O)O)C(C)(C)C. The number of benzene rings is 1. The van der Waals surface area contributed by atoms with Crippen LogP contribution in [0.15, 0.2) is 12.1 Å². The van der Waals surface area contributed by atoms with Crippen LogP contribution >= 0.6 is 11.6 Å². The summed E-state index contributed by atoms with van der Waals surface area (Å²) < 4.78 is 0. The van der Waals surface area contributed by atoms with Crippen molar-refractivity contribution >= 4 is 28.9 Å². The molecule has 0 aliphatic rings. The molecule has 0 heterocycles. The minimum absolute atomic E-state index is 0.0189. The number of hydrogen-bond donors (Lipinski definition) is 1. The summed E-state index contributed by atoms with van der Waals surface area (Å²) in [6.45, 7) is 8.01. The zero-order chi connectivity index (χ0) is 16.5. The van der Waals surface area contributed by atoms with Gasteiger partial charge >= 0.3 is 5.97 Å². The number of anilines is 1. The van der Waals surface area contributed by atoms with Gasteiger partial charge in [-0.15, -0.1) is 0 Å². The van der Waals surface area contributed by atoms with E-state index in [0.29, 0.717) is 0 Å². The standard InChI is InChI=1S/C14H19ClN2O4/c1-8(14(2,3)4)16(5)12-10(13(18)19)6-9(17(20)21)7-11(12)15/h6-8H,1-5H3,(H,18,19). The van der Waals surface area contributed by atoms with Crippen molar-refractivity contribution < 1.29 is 14.8 Å². The maximum Gasteiger partial charge on any atom is 0.338 e. The summed E-state index contributed by atoms with van der Waals surface area (Å²) in [4.78, 5) is 23.3. The number of rotatable bonds is 4. The van der Waals surface area contributed by atoms with E-state index >= 15 is 0 Å². The first-order chi connectivity index (χ1) is 9.46. The molecule has 0 radical (unpaired) electrons. The maximum absolute atomic E-state index is 11.4. The molecule has 1 aromatic rings. The maximum atomic E-state index is 11.4. The van der Waals surface area contributed by atoms with E-state index in [4.69, 9.17) is 11.6 Å². The van der Waals surface area contributed by atoms with Crippen molar-refractivity contribution in [1.29, 1.82) is 0 Å². The second-order valence-electron chi connectivity index (χ2n) is 6.04. The Hall–Kier alpha value is -1.82. The van der Waals surface area contributed by atoms with Crippen LogP contribution in [-0.2, 0) is 0 Å². The van der Waals surface area contributed by atoms with E-state index < -0.39 is 10.9 Å². The molecule has 0 spiro atoms. The monoisotopic (exact) mass is 314 g/mol. The highest BCUT2D eigenvalue weighted by Gasteiger charge is 2.29. The van der Waals surface area contributed by atoms with Gasteiger partial charge in [-0.25, -0.2) is 4.79 Å². The second kappa shape index (κ2) is 5.89. The zero-order valence-corrected chi connectivity index (χ0v) is 13.4. The van der Waals surface area contributed by atoms with Crippen molar-refractivity contribution in [2.45, 2.75) is 33.7 Å². The fourth-order valence-electron chi connectivity index (χ4n) is 1.99. The summed E-state index contributed by atoms with van der Waals surface area (Å²) in [6.07, 6.45) is 0. The van der Waals surface area contributed by atoms with Gasteiger partial charge in [0.15, 0.2) is 0 Å². The largest absolute Gasteiger partial charge is 0.478 e. The smallest absolute Gasteiger partial charge is 0.338 e. The topological polar surface area (TPSA) is 83.7 Å². The van der Waals surface area contributed by atoms with Crippen LogP contribution in [-0.4, -0.2) is 29.1 Å². The molecule has 0 saturated heterocycles. The average molecular weight is 315 g/mol. The number of nitrogens with zero attached hydrogens (tertiary/aromatic N) is 2. The van der Waals surface area contributed by atoms with Gasteiger partial charge in [0, 0.05) is 25.2 Å². The van der Waals surface area contributed by atoms with E-state index in [1.807, 2.05) is 27.7 Å². The first-order valence-electron chi connectivity index (χ1n) is 6.41. The highest BCUT2D eigenvalue weighted by atomic mass is 35.5. The Balaban J connectivity index is 3.48. The summed E-state index contributed by atoms with van der Waals surface area (Å²) >= 11 is 6.10. The lowest BCUT2D eigenvalue weighted by atomic mass is 9.86. The van der Waals surface area contributed by atoms with Gasteiger partial charge in [0.05, 0.1) is 21.2 Å². The second-order valence-corrected chi connectivity index (χ2v) is 6.45. The first kappa shape index (κ1) is 17.2. The van der Waals surface area contributed by atoms with Crippen molar-refractivity contribution in [1.82, 2.24) is 0 Å². The number of non-ortho nitro benzene ring substituents is 1. The van der Waals surface area contributed by atoms with E-state index in [-0.39, 0.29) is 33.4 Å². The third kappa shape index (κ3) is 3.64. The Morgan fingerprint density at radius 1 is 1.43 bits per heavy atom. The Morgan fingerprint density at radius 3 is 2.33 bits per heavy atom. The van der Waals surface area contributed by atoms with Crippen molar-refractivity contribution in [3.63, 3.8) is 0 Å². The van der Waals surface area contributed by atoms with Crippen molar-refractivity contribution in [3.8, 4) is 0 Å². The minimum Gasteiger partial charge on any atom is -0.478 e. The average Bonchev–Trinajstić information content (AvgIpc) is 2.34. The number of nitro groups is 1. The van der Waals surface area contributed by atoms with E-state index in [9.17, 15) is 20.0 Å². The molecular formula is C14H19ClN2O4. The fraction of sp³-hybridized carbons (Fsp3) is 0.500. The van der Waals surface area contributed by atoms with E-state index in [2.05, 4.69) is 0 Å². The normalized spacial score (nSPS) is 12.9. The molecule has 0 bridgehead atoms. The third-order valence-electron chi connectivity index (χ3n) is 3.68. The number of halogens is 1. The lowest BCUT2D eigenvalue weighted by Gasteiger charge is -2.37. The summed E-state index contributed by atoms with van der Waals surface area (Å²) in [5, 5.41) is 20.2. The lowest BCUT2D eigenvalue weighted by molar-refractivity contribution is -0.384. The molecule has 21 heavy (non-hydrogen) atoms. The molecule has 7 heteroatoms. The molecule has 0 aliphatic heterocycles. The van der Waals surface area contributed by atoms with Crippen molar-refractivity contribution in [2.75, 3.05) is 11.9 Å². The molecule has 0 aliphatic carbocycles. The van der Waals surface area contributed by atoms with Crippen LogP contribution in [0.5, 0.6) is 0 Å². The predicted octanol–water partition coefficient (Wildman–Crippen LogP) is 3.82. The van der Waals surface area contributed by atoms with Gasteiger partial charge in [0.2, 0.25) is 0 Å². The molecule has 1 atom stereocenters. The highest BCUT2D eigenvalue weighted by molar-refractivity contribution is 6.34. The molecule has 1 rings (SSSR count). The number of hydrogen-bond acceptors (Lipinski definition) is 4. The molecule has 0 saturated carbocycles. The van der Waals surface area contributed by atoms with Gasteiger partial charge in [0.25, 0.3) is 5.69 Å². The molecule has 0 aromatic heterocycles. The van der Waals surface area contributed by atoms with E-state index in [0.717, 1.165) is 6.07 Å². The lowest BCUT2D eigenvalue weighted by Crippen LogP contribution is -2.40. The Labute approximate surface area is 128 Å². The number of carboxylic acids is 1. The van der Waals surface area contributed by atoms with Gasteiger partial charge in [-0.3, -0.25) is 10.1 Å². The zero-order valence-electron chi connectivity index (χ0n) is 12.7. The molecular weight excluding hydrogens is 296 g/mol. The van der Waals surface area contributed by atoms with Crippen LogP contribution in [0.25, 0.3) is 0 Å². The number of carbonyl (C=O) groups is 1. The van der Waals surface area contributed by atoms with Gasteiger partial charge < -0.3 is 10.0 Å². The minimum atomic E-state index is -1.25. The first-order valence-corrected chi connectivity index (χ1v) is 6.78. The van der Waals surface area contributed by atoms with Crippen molar-refractivity contribution in [3.05, 3.63) is 32.8 Å². The summed E-state index contributed by atoms with van der Waals surface area (Å²) in [5.74, 6) is -1.25. The molecule has 0 amide bonds. The predicted molar refractivity (Wildman–Crippen MR) is 82.4 cm³/mol. The van der Waals surface area contributed by atoms with Gasteiger partial charge in [-0.2, -0.15) is 0 Å². The highest BCUT2D eigenvalue weighted by Crippen LogP contribution is 2.37. The molecule has 0 fully saturated rings. The van der Waals surface area contributed by atoms with Crippen LogP contribution in [0.1, 0.15) is 38.1 Å². The van der Waals surface area contributed by atoms with Crippen LogP contribution in [0.3, 0.4) is 0 Å². The molecule has 1 unspecified atom stereocenters. The van der Waals surface area contributed by atoms with Crippen LogP contribution in [0.4, 0.5) is 11.4 Å². The fourth-order valence-corrected chi connectivity index (χ4v) is 2.33. The molecule has 1 aromatic carbocycles. The van der Waals surface area contributed by atoms with Gasteiger partial charge in [0.1, 0.15) is 0 Å². The Bertz CT molecular complexity index is 581. The van der Waals surface area contributed by atoms with Crippen LogP contribution < -0.4 is 4.90 Å². The third-order valence-corrected chi connectivity index (χ3v) is 3.96. The summed E-state index contributed by atoms with van der Waals surface area (Å²) in [7, 11) is 1.73. The Kier molecular flexibility index (Phi) is 4.83. The molecule has 116 valence electrons. The summed E-state index contributed by atoms with van der Waals surface area (Å²) in [6, 6.07) is 2.19. The number of nitro benzene ring substituents is 1. The van der Waals surface area contributed by atoms with Gasteiger partial charge in [-0.05, 0) is 12.3 Å². The van der Waals surface area contributed by atoms with E-state index in [1.165, 1.54) is 6.07 Å². The number of aromatic carboxylic acids is 1. The Morgan fingerprint density at radius 2 is 1.95 bits per heavy atom. The van der Waals surface area contributed by atoms with E-state index in [1.54, 1.807) is 11.9 Å².